The first-order valence-corrected chi connectivity index (χ1v) is 4.64. The Kier molecular flexibility index (Phi) is 7.17. The Morgan fingerprint density at radius 3 is 2.47 bits per heavy atom. The van der Waals surface area contributed by atoms with Gasteiger partial charge in [0.1, 0.15) is 6.61 Å². The molecule has 0 aromatic carbocycles. The number of carbonyl (C=O) groups is 1. The van der Waals surface area contributed by atoms with E-state index in [1.807, 2.05) is 0 Å². The average molecular weight is 216 g/mol. The Balaban J connectivity index is 4.67. The maximum absolute atomic E-state index is 11.3. The molecule has 0 saturated heterocycles. The van der Waals surface area contributed by atoms with Crippen LogP contribution in [0.25, 0.3) is 0 Å². The third kappa shape index (κ3) is 5.11. The Bertz CT molecular complexity index is 261. The Morgan fingerprint density at radius 2 is 2.00 bits per heavy atom. The van der Waals surface area contributed by atoms with Crippen LogP contribution in [-0.4, -0.2) is 37.9 Å². The molecule has 6 heteroatoms. The maximum Gasteiger partial charge on any atom is 0.362 e. The van der Waals surface area contributed by atoms with Gasteiger partial charge in [-0.05, 0) is 13.8 Å². The Morgan fingerprint density at radius 1 is 1.33 bits per heavy atom. The lowest BCUT2D eigenvalue weighted by Crippen LogP contribution is -2.11. The van der Waals surface area contributed by atoms with Crippen LogP contribution in [0.5, 0.6) is 0 Å². The quantitative estimate of drug-likeness (QED) is 0.315. The fraction of sp³-hybridized carbons (Fsp3) is 0.667. The van der Waals surface area contributed by atoms with Crippen LogP contribution in [0.3, 0.4) is 0 Å². The van der Waals surface area contributed by atoms with E-state index in [1.165, 1.54) is 7.05 Å². The van der Waals surface area contributed by atoms with Gasteiger partial charge in [-0.1, -0.05) is 0 Å². The molecule has 0 rings (SSSR count). The number of hydrogen-bond donors (Lipinski definition) is 1. The largest absolute Gasteiger partial charge is 0.507 e. The van der Waals surface area contributed by atoms with E-state index in [2.05, 4.69) is 10.2 Å². The number of rotatable bonds is 6. The summed E-state index contributed by atoms with van der Waals surface area (Å²) in [4.78, 5) is 11.3. The van der Waals surface area contributed by atoms with Crippen molar-refractivity contribution in [3.8, 4) is 0 Å². The molecule has 0 fully saturated rings. The summed E-state index contributed by atoms with van der Waals surface area (Å²) in [5.41, 5.74) is -0.215. The highest BCUT2D eigenvalue weighted by Crippen LogP contribution is 2.07. The number of ether oxygens (including phenoxy) is 2. The van der Waals surface area contributed by atoms with Crippen LogP contribution in [0.4, 0.5) is 0 Å². The minimum Gasteiger partial charge on any atom is -0.507 e. The summed E-state index contributed by atoms with van der Waals surface area (Å²) >= 11 is 0. The van der Waals surface area contributed by atoms with E-state index in [9.17, 15) is 9.90 Å². The van der Waals surface area contributed by atoms with Gasteiger partial charge >= 0.3 is 5.97 Å². The molecule has 0 aliphatic heterocycles. The molecule has 0 aliphatic carbocycles. The third-order valence-corrected chi connectivity index (χ3v) is 1.39. The van der Waals surface area contributed by atoms with E-state index < -0.39 is 5.97 Å². The molecule has 0 unspecified atom stereocenters. The van der Waals surface area contributed by atoms with E-state index >= 15 is 0 Å². The molecule has 0 aromatic rings. The summed E-state index contributed by atoms with van der Waals surface area (Å²) in [6.07, 6.45) is 0. The van der Waals surface area contributed by atoms with Gasteiger partial charge in [0.25, 0.3) is 0 Å². The fourth-order valence-electron chi connectivity index (χ4n) is 0.783. The average Bonchev–Trinajstić information content (AvgIpc) is 2.22. The first-order valence-electron chi connectivity index (χ1n) is 4.64. The maximum atomic E-state index is 11.3. The molecule has 0 aromatic heterocycles. The van der Waals surface area contributed by atoms with Gasteiger partial charge in [0, 0.05) is 13.7 Å². The minimum absolute atomic E-state index is 0.0797. The van der Waals surface area contributed by atoms with Crippen molar-refractivity contribution in [3.05, 3.63) is 11.5 Å². The smallest absolute Gasteiger partial charge is 0.362 e. The van der Waals surface area contributed by atoms with Crippen LogP contribution >= 0.6 is 0 Å². The molecule has 0 radical (unpaired) electrons. The summed E-state index contributed by atoms with van der Waals surface area (Å²) in [7, 11) is 1.40. The molecule has 0 aliphatic rings. The van der Waals surface area contributed by atoms with Crippen LogP contribution in [0.1, 0.15) is 13.8 Å². The molecule has 0 saturated carbocycles. The molecule has 0 atom stereocenters. The van der Waals surface area contributed by atoms with E-state index in [-0.39, 0.29) is 24.7 Å². The standard InChI is InChI=1S/C9H16N2O4/c1-4-14-6-7(12)8(11-10-3)9(13)15-5-2/h12H,4-6H2,1-3H3. The Hall–Kier alpha value is -1.43. The SMILES string of the molecule is CCOCC(O)=C(N=NC)C(=O)OCC. The van der Waals surface area contributed by atoms with Gasteiger partial charge in [-0.2, -0.15) is 5.11 Å². The molecular weight excluding hydrogens is 200 g/mol. The summed E-state index contributed by atoms with van der Waals surface area (Å²) < 4.78 is 9.63. The van der Waals surface area contributed by atoms with Gasteiger partial charge < -0.3 is 14.6 Å². The molecule has 6 nitrogen and oxygen atoms in total. The predicted octanol–water partition coefficient (Wildman–Crippen LogP) is 1.44. The van der Waals surface area contributed by atoms with Crippen LogP contribution < -0.4 is 0 Å². The minimum atomic E-state index is -0.708. The Labute approximate surface area is 88.6 Å². The summed E-state index contributed by atoms with van der Waals surface area (Å²) in [6.45, 7) is 4.01. The van der Waals surface area contributed by atoms with Crippen LogP contribution in [0.2, 0.25) is 0 Å². The molecule has 0 spiro atoms. The molecule has 86 valence electrons. The van der Waals surface area contributed by atoms with Crippen LogP contribution in [0.15, 0.2) is 21.7 Å². The lowest BCUT2D eigenvalue weighted by atomic mass is 10.4. The van der Waals surface area contributed by atoms with E-state index in [4.69, 9.17) is 9.47 Å². The second kappa shape index (κ2) is 7.93. The summed E-state index contributed by atoms with van der Waals surface area (Å²) in [5.74, 6) is -0.985. The highest BCUT2D eigenvalue weighted by atomic mass is 16.5. The zero-order valence-electron chi connectivity index (χ0n) is 9.19. The predicted molar refractivity (Wildman–Crippen MR) is 53.6 cm³/mol. The first-order chi connectivity index (χ1) is 7.17. The van der Waals surface area contributed by atoms with E-state index in [1.54, 1.807) is 13.8 Å². The third-order valence-electron chi connectivity index (χ3n) is 1.39. The number of azo groups is 1. The van der Waals surface area contributed by atoms with Gasteiger partial charge in [0.05, 0.1) is 6.61 Å². The molecule has 1 N–H and O–H groups in total. The van der Waals surface area contributed by atoms with Crippen molar-refractivity contribution in [2.24, 2.45) is 10.2 Å². The number of esters is 1. The van der Waals surface area contributed by atoms with Crippen LogP contribution in [0, 0.1) is 0 Å². The second-order valence-corrected chi connectivity index (χ2v) is 2.45. The van der Waals surface area contributed by atoms with Gasteiger partial charge in [-0.3, -0.25) is 0 Å². The monoisotopic (exact) mass is 216 g/mol. The number of hydrogen-bond acceptors (Lipinski definition) is 6. The van der Waals surface area contributed by atoms with E-state index in [0.717, 1.165) is 0 Å². The highest BCUT2D eigenvalue weighted by molar-refractivity contribution is 5.88. The van der Waals surface area contributed by atoms with Crippen molar-refractivity contribution in [1.82, 2.24) is 0 Å². The molecule has 15 heavy (non-hydrogen) atoms. The molecule has 0 heterocycles. The fourth-order valence-corrected chi connectivity index (χ4v) is 0.783. The molecular formula is C9H16N2O4. The van der Waals surface area contributed by atoms with E-state index in [0.29, 0.717) is 6.61 Å². The van der Waals surface area contributed by atoms with Gasteiger partial charge in [0.15, 0.2) is 5.76 Å². The van der Waals surface area contributed by atoms with Crippen molar-refractivity contribution in [2.75, 3.05) is 26.9 Å². The number of carbonyl (C=O) groups excluding carboxylic acids is 1. The van der Waals surface area contributed by atoms with Crippen molar-refractivity contribution in [1.29, 1.82) is 0 Å². The van der Waals surface area contributed by atoms with Gasteiger partial charge in [0.2, 0.25) is 5.70 Å². The lowest BCUT2D eigenvalue weighted by molar-refractivity contribution is -0.138. The van der Waals surface area contributed by atoms with Crippen molar-refractivity contribution in [2.45, 2.75) is 13.8 Å². The van der Waals surface area contributed by atoms with Crippen LogP contribution in [-0.2, 0) is 14.3 Å². The van der Waals surface area contributed by atoms with Gasteiger partial charge in [-0.25, -0.2) is 4.79 Å². The molecule has 0 bridgehead atoms. The number of aliphatic hydroxyl groups excluding tert-OH is 1. The van der Waals surface area contributed by atoms with Crippen molar-refractivity contribution < 1.29 is 19.4 Å². The highest BCUT2D eigenvalue weighted by Gasteiger charge is 2.16. The number of nitrogens with zero attached hydrogens (tertiary/aromatic N) is 2. The zero-order chi connectivity index (χ0) is 11.7. The van der Waals surface area contributed by atoms with Crippen molar-refractivity contribution >= 4 is 5.97 Å². The van der Waals surface area contributed by atoms with Crippen molar-refractivity contribution in [3.63, 3.8) is 0 Å². The number of aliphatic hydroxyl groups is 1. The summed E-state index contributed by atoms with van der Waals surface area (Å²) in [5, 5.41) is 16.4. The normalized spacial score (nSPS) is 12.7. The zero-order valence-corrected chi connectivity index (χ0v) is 9.19. The lowest BCUT2D eigenvalue weighted by Gasteiger charge is -2.05. The molecule has 0 amide bonds. The summed E-state index contributed by atoms with van der Waals surface area (Å²) in [6, 6.07) is 0. The first kappa shape index (κ1) is 13.6. The topological polar surface area (TPSA) is 80.5 Å². The van der Waals surface area contributed by atoms with Gasteiger partial charge in [-0.15, -0.1) is 5.11 Å². The second-order valence-electron chi connectivity index (χ2n) is 2.45.